The zero-order valence-electron chi connectivity index (χ0n) is 9.71. The topological polar surface area (TPSA) is 60.2 Å². The number of benzene rings is 1. The summed E-state index contributed by atoms with van der Waals surface area (Å²) in [5, 5.41) is 16.6. The van der Waals surface area contributed by atoms with E-state index in [2.05, 4.69) is 10.2 Å². The van der Waals surface area contributed by atoms with Crippen molar-refractivity contribution in [3.05, 3.63) is 42.0 Å². The van der Waals surface area contributed by atoms with Crippen molar-refractivity contribution in [1.82, 2.24) is 14.8 Å². The molecule has 0 fully saturated rings. The maximum Gasteiger partial charge on any atom is 0.158 e. The Morgan fingerprint density at radius 2 is 2.18 bits per heavy atom. The number of rotatable bonds is 5. The lowest BCUT2D eigenvalue weighted by atomic mass is 10.1. The molecule has 0 aliphatic rings. The van der Waals surface area contributed by atoms with Gasteiger partial charge in [-0.15, -0.1) is 10.2 Å². The van der Waals surface area contributed by atoms with E-state index >= 15 is 0 Å². The number of aromatic nitrogens is 3. The van der Waals surface area contributed by atoms with E-state index in [1.54, 1.807) is 13.4 Å². The number of ether oxygens (including phenoxy) is 1. The molecule has 0 bridgehead atoms. The zero-order chi connectivity index (χ0) is 12.1. The van der Waals surface area contributed by atoms with Gasteiger partial charge in [-0.1, -0.05) is 18.2 Å². The average Bonchev–Trinajstić information content (AvgIpc) is 2.84. The molecule has 5 nitrogen and oxygen atoms in total. The Morgan fingerprint density at radius 3 is 2.94 bits per heavy atom. The molecule has 1 aromatic carbocycles. The first kappa shape index (κ1) is 11.6. The largest absolute Gasteiger partial charge is 0.496 e. The summed E-state index contributed by atoms with van der Waals surface area (Å²) >= 11 is 0. The summed E-state index contributed by atoms with van der Waals surface area (Å²) < 4.78 is 7.12. The maximum atomic E-state index is 9.06. The predicted molar refractivity (Wildman–Crippen MR) is 62.6 cm³/mol. The van der Waals surface area contributed by atoms with Gasteiger partial charge in [0.25, 0.3) is 0 Å². The number of para-hydroxylation sites is 1. The number of nitrogens with zero attached hydrogens (tertiary/aromatic N) is 3. The quantitative estimate of drug-likeness (QED) is 0.837. The van der Waals surface area contributed by atoms with Gasteiger partial charge in [0, 0.05) is 6.54 Å². The molecule has 0 saturated heterocycles. The van der Waals surface area contributed by atoms with Crippen LogP contribution in [0.25, 0.3) is 0 Å². The van der Waals surface area contributed by atoms with Crippen LogP contribution in [0.5, 0.6) is 5.75 Å². The van der Waals surface area contributed by atoms with Crippen LogP contribution in [0.4, 0.5) is 0 Å². The summed E-state index contributed by atoms with van der Waals surface area (Å²) in [6.45, 7) is 0.634. The highest BCUT2D eigenvalue weighted by Crippen LogP contribution is 2.18. The van der Waals surface area contributed by atoms with Gasteiger partial charge < -0.3 is 14.4 Å². The van der Waals surface area contributed by atoms with Gasteiger partial charge >= 0.3 is 0 Å². The lowest BCUT2D eigenvalue weighted by molar-refractivity contribution is 0.264. The molecule has 0 unspecified atom stereocenters. The van der Waals surface area contributed by atoms with Gasteiger partial charge in [0.2, 0.25) is 0 Å². The molecular formula is C12H15N3O2. The lowest BCUT2D eigenvalue weighted by Gasteiger charge is -2.09. The van der Waals surface area contributed by atoms with E-state index in [-0.39, 0.29) is 6.61 Å². The maximum absolute atomic E-state index is 9.06. The number of hydrogen-bond donors (Lipinski definition) is 1. The minimum atomic E-state index is -0.0913. The van der Waals surface area contributed by atoms with E-state index in [4.69, 9.17) is 9.84 Å². The zero-order valence-corrected chi connectivity index (χ0v) is 9.71. The molecule has 0 aliphatic carbocycles. The smallest absolute Gasteiger partial charge is 0.158 e. The van der Waals surface area contributed by atoms with Gasteiger partial charge in [0.15, 0.2) is 5.82 Å². The molecule has 1 aromatic heterocycles. The summed E-state index contributed by atoms with van der Waals surface area (Å²) in [6, 6.07) is 7.90. The number of aliphatic hydroxyl groups is 1. The third kappa shape index (κ3) is 2.62. The van der Waals surface area contributed by atoms with E-state index in [0.717, 1.165) is 24.3 Å². The number of hydrogen-bond acceptors (Lipinski definition) is 4. The number of aliphatic hydroxyl groups excluding tert-OH is 1. The Bertz CT molecular complexity index is 482. The summed E-state index contributed by atoms with van der Waals surface area (Å²) in [6.07, 6.45) is 2.44. The predicted octanol–water partition coefficient (Wildman–Crippen LogP) is 1.02. The Hall–Kier alpha value is -1.88. The highest BCUT2D eigenvalue weighted by molar-refractivity contribution is 5.33. The first-order chi connectivity index (χ1) is 8.35. The van der Waals surface area contributed by atoms with E-state index < -0.39 is 0 Å². The molecule has 0 aliphatic heterocycles. The normalized spacial score (nSPS) is 10.5. The highest BCUT2D eigenvalue weighted by atomic mass is 16.5. The third-order valence-corrected chi connectivity index (χ3v) is 2.65. The fourth-order valence-electron chi connectivity index (χ4n) is 1.74. The second-order valence-electron chi connectivity index (χ2n) is 3.66. The molecule has 2 rings (SSSR count). The first-order valence-corrected chi connectivity index (χ1v) is 5.44. The van der Waals surface area contributed by atoms with E-state index in [9.17, 15) is 0 Å². The van der Waals surface area contributed by atoms with Crippen LogP contribution in [0, 0.1) is 0 Å². The van der Waals surface area contributed by atoms with Crippen molar-refractivity contribution in [2.45, 2.75) is 19.6 Å². The van der Waals surface area contributed by atoms with Gasteiger partial charge in [-0.2, -0.15) is 0 Å². The van der Waals surface area contributed by atoms with Crippen molar-refractivity contribution in [2.75, 3.05) is 7.11 Å². The minimum Gasteiger partial charge on any atom is -0.496 e. The molecule has 17 heavy (non-hydrogen) atoms. The van der Waals surface area contributed by atoms with Crippen LogP contribution in [0.3, 0.4) is 0 Å². The summed E-state index contributed by atoms with van der Waals surface area (Å²) in [7, 11) is 1.66. The molecule has 5 heteroatoms. The van der Waals surface area contributed by atoms with Crippen molar-refractivity contribution in [1.29, 1.82) is 0 Å². The van der Waals surface area contributed by atoms with Crippen LogP contribution in [-0.4, -0.2) is 27.0 Å². The molecule has 1 heterocycles. The van der Waals surface area contributed by atoms with Crippen LogP contribution < -0.4 is 4.74 Å². The molecule has 2 aromatic rings. The molecule has 0 spiro atoms. The standard InChI is InChI=1S/C12H15N3O2/c1-17-11-5-3-2-4-10(11)6-7-15-9-13-14-12(15)8-16/h2-5,9,16H,6-8H2,1H3. The van der Waals surface area contributed by atoms with Crippen LogP contribution >= 0.6 is 0 Å². The van der Waals surface area contributed by atoms with E-state index in [1.165, 1.54) is 0 Å². The third-order valence-electron chi connectivity index (χ3n) is 2.65. The summed E-state index contributed by atoms with van der Waals surface area (Å²) in [4.78, 5) is 0. The number of aryl methyl sites for hydroxylation is 2. The van der Waals surface area contributed by atoms with Gasteiger partial charge in [0.1, 0.15) is 18.7 Å². The summed E-state index contributed by atoms with van der Waals surface area (Å²) in [5.74, 6) is 1.46. The van der Waals surface area contributed by atoms with Gasteiger partial charge in [-0.25, -0.2) is 0 Å². The summed E-state index contributed by atoms with van der Waals surface area (Å²) in [5.41, 5.74) is 1.13. The molecule has 90 valence electrons. The van der Waals surface area contributed by atoms with Crippen molar-refractivity contribution in [3.63, 3.8) is 0 Å². The fourth-order valence-corrected chi connectivity index (χ4v) is 1.74. The second-order valence-corrected chi connectivity index (χ2v) is 3.66. The second kappa shape index (κ2) is 5.45. The van der Waals surface area contributed by atoms with Crippen LogP contribution in [0.15, 0.2) is 30.6 Å². The van der Waals surface area contributed by atoms with Gasteiger partial charge in [-0.05, 0) is 18.1 Å². The van der Waals surface area contributed by atoms with Crippen molar-refractivity contribution in [2.24, 2.45) is 0 Å². The van der Waals surface area contributed by atoms with Crippen molar-refractivity contribution >= 4 is 0 Å². The van der Waals surface area contributed by atoms with E-state index in [1.807, 2.05) is 28.8 Å². The van der Waals surface area contributed by atoms with Crippen molar-refractivity contribution < 1.29 is 9.84 Å². The Labute approximate surface area is 99.7 Å². The molecular weight excluding hydrogens is 218 g/mol. The van der Waals surface area contributed by atoms with E-state index in [0.29, 0.717) is 5.82 Å². The highest BCUT2D eigenvalue weighted by Gasteiger charge is 2.05. The SMILES string of the molecule is COc1ccccc1CCn1cnnc1CO. The van der Waals surface area contributed by atoms with Gasteiger partial charge in [0.05, 0.1) is 7.11 Å². The first-order valence-electron chi connectivity index (χ1n) is 5.44. The van der Waals surface area contributed by atoms with Crippen LogP contribution in [0.1, 0.15) is 11.4 Å². The molecule has 0 saturated carbocycles. The fraction of sp³-hybridized carbons (Fsp3) is 0.333. The number of methoxy groups -OCH3 is 1. The Kier molecular flexibility index (Phi) is 3.72. The minimum absolute atomic E-state index is 0.0913. The van der Waals surface area contributed by atoms with Gasteiger partial charge in [-0.3, -0.25) is 0 Å². The molecule has 1 N–H and O–H groups in total. The monoisotopic (exact) mass is 233 g/mol. The van der Waals surface area contributed by atoms with Crippen molar-refractivity contribution in [3.8, 4) is 5.75 Å². The van der Waals surface area contributed by atoms with Crippen LogP contribution in [-0.2, 0) is 19.6 Å². The Balaban J connectivity index is 2.07. The molecule has 0 amide bonds. The average molecular weight is 233 g/mol. The Morgan fingerprint density at radius 1 is 1.35 bits per heavy atom. The lowest BCUT2D eigenvalue weighted by Crippen LogP contribution is -2.06. The molecule has 0 radical (unpaired) electrons. The van der Waals surface area contributed by atoms with Crippen LogP contribution in [0.2, 0.25) is 0 Å². The molecule has 0 atom stereocenters.